The van der Waals surface area contributed by atoms with E-state index in [1.54, 1.807) is 0 Å². The quantitative estimate of drug-likeness (QED) is 0.682. The van der Waals surface area contributed by atoms with Crippen molar-refractivity contribution in [3.05, 3.63) is 66.4 Å². The van der Waals surface area contributed by atoms with E-state index < -0.39 is 0 Å². The first-order valence-electron chi connectivity index (χ1n) is 6.35. The molecule has 0 bridgehead atoms. The van der Waals surface area contributed by atoms with Crippen molar-refractivity contribution in [2.75, 3.05) is 0 Å². The zero-order valence-electron chi connectivity index (χ0n) is 11.0. The summed E-state index contributed by atoms with van der Waals surface area (Å²) in [5.41, 5.74) is 2.72. The summed E-state index contributed by atoms with van der Waals surface area (Å²) in [6.45, 7) is 1.51. The maximum Gasteiger partial charge on any atom is 0.182 e. The van der Waals surface area contributed by atoms with E-state index >= 15 is 0 Å². The average molecular weight is 263 g/mol. The van der Waals surface area contributed by atoms with E-state index in [9.17, 15) is 4.79 Å². The Kier molecular flexibility index (Phi) is 3.13. The third-order valence-corrected chi connectivity index (χ3v) is 2.98. The van der Waals surface area contributed by atoms with Crippen LogP contribution in [0.3, 0.4) is 0 Å². The number of benzene rings is 2. The lowest BCUT2D eigenvalue weighted by molar-refractivity contribution is 0.101. The average Bonchev–Trinajstić information content (AvgIpc) is 2.94. The summed E-state index contributed by atoms with van der Waals surface area (Å²) in [5.74, 6) is -0.0916. The number of ketones is 1. The van der Waals surface area contributed by atoms with Crippen molar-refractivity contribution in [3.8, 4) is 16.9 Å². The summed E-state index contributed by atoms with van der Waals surface area (Å²) in [7, 11) is 0. The number of carbonyl (C=O) groups is 1. The van der Waals surface area contributed by atoms with E-state index in [-0.39, 0.29) is 5.78 Å². The van der Waals surface area contributed by atoms with E-state index in [1.165, 1.54) is 11.7 Å². The Hall–Kier alpha value is -2.75. The van der Waals surface area contributed by atoms with Crippen LogP contribution in [0.2, 0.25) is 0 Å². The zero-order chi connectivity index (χ0) is 13.9. The van der Waals surface area contributed by atoms with Crippen LogP contribution >= 0.6 is 0 Å². The van der Waals surface area contributed by atoms with Gasteiger partial charge < -0.3 is 0 Å². The Balaban J connectivity index is 2.15. The van der Waals surface area contributed by atoms with Crippen molar-refractivity contribution < 1.29 is 4.79 Å². The third-order valence-electron chi connectivity index (χ3n) is 2.98. The van der Waals surface area contributed by atoms with Gasteiger partial charge in [0.05, 0.1) is 5.69 Å². The summed E-state index contributed by atoms with van der Waals surface area (Å²) in [4.78, 5) is 13.3. The summed E-state index contributed by atoms with van der Waals surface area (Å²) in [5, 5.41) is 8.77. The molecule has 0 aliphatic carbocycles. The Bertz CT molecular complexity index is 733. The molecule has 0 radical (unpaired) electrons. The highest BCUT2D eigenvalue weighted by molar-refractivity contribution is 5.97. The fraction of sp³-hybridized carbons (Fsp3) is 0.0625. The molecule has 2 aromatic carbocycles. The lowest BCUT2D eigenvalue weighted by atomic mass is 10.1. The molecule has 0 aliphatic heterocycles. The van der Waals surface area contributed by atoms with E-state index in [0.717, 1.165) is 11.3 Å². The van der Waals surface area contributed by atoms with Crippen LogP contribution in [0.5, 0.6) is 0 Å². The fourth-order valence-corrected chi connectivity index (χ4v) is 2.01. The van der Waals surface area contributed by atoms with Crippen LogP contribution in [-0.4, -0.2) is 20.8 Å². The van der Waals surface area contributed by atoms with Gasteiger partial charge in [-0.05, 0) is 12.1 Å². The van der Waals surface area contributed by atoms with E-state index in [1.807, 2.05) is 60.7 Å². The van der Waals surface area contributed by atoms with Gasteiger partial charge in [0.25, 0.3) is 0 Å². The van der Waals surface area contributed by atoms with E-state index in [4.69, 9.17) is 0 Å². The fourth-order valence-electron chi connectivity index (χ4n) is 2.01. The summed E-state index contributed by atoms with van der Waals surface area (Å²) < 4.78 is 0. The second-order valence-corrected chi connectivity index (χ2v) is 4.44. The smallest absolute Gasteiger partial charge is 0.182 e. The maximum absolute atomic E-state index is 11.8. The number of aromatic nitrogens is 3. The van der Waals surface area contributed by atoms with Crippen molar-refractivity contribution in [3.63, 3.8) is 0 Å². The minimum atomic E-state index is -0.0916. The first-order valence-corrected chi connectivity index (χ1v) is 6.35. The molecule has 1 aromatic heterocycles. The van der Waals surface area contributed by atoms with Crippen molar-refractivity contribution >= 4 is 5.78 Å². The summed E-state index contributed by atoms with van der Waals surface area (Å²) in [6, 6.07) is 19.2. The third kappa shape index (κ3) is 2.23. The van der Waals surface area contributed by atoms with E-state index in [0.29, 0.717) is 11.4 Å². The molecule has 20 heavy (non-hydrogen) atoms. The number of hydrogen-bond donors (Lipinski definition) is 0. The molecule has 0 fully saturated rings. The number of nitrogens with zero attached hydrogens (tertiary/aromatic N) is 3. The molecule has 4 nitrogen and oxygen atoms in total. The molecule has 0 saturated heterocycles. The van der Waals surface area contributed by atoms with Crippen LogP contribution in [0, 0.1) is 0 Å². The maximum atomic E-state index is 11.8. The Morgan fingerprint density at radius 2 is 1.50 bits per heavy atom. The molecule has 0 spiro atoms. The largest absolute Gasteiger partial charge is 0.293 e. The predicted octanol–water partition coefficient (Wildman–Crippen LogP) is 3.14. The Morgan fingerprint density at radius 1 is 0.900 bits per heavy atom. The number of Topliss-reactive ketones (excluding diaryl/α,β-unsaturated/α-hetero) is 1. The molecule has 98 valence electrons. The molecule has 0 N–H and O–H groups in total. The number of hydrogen-bond acceptors (Lipinski definition) is 3. The number of carbonyl (C=O) groups excluding carboxylic acids is 1. The lowest BCUT2D eigenvalue weighted by Gasteiger charge is -1.97. The van der Waals surface area contributed by atoms with Crippen molar-refractivity contribution in [1.82, 2.24) is 15.0 Å². The van der Waals surface area contributed by atoms with Crippen LogP contribution in [0.15, 0.2) is 60.7 Å². The molecule has 0 atom stereocenters. The highest BCUT2D eigenvalue weighted by Crippen LogP contribution is 2.21. The highest BCUT2D eigenvalue weighted by Gasteiger charge is 2.17. The van der Waals surface area contributed by atoms with Crippen LogP contribution in [-0.2, 0) is 0 Å². The molecule has 1 heterocycles. The second kappa shape index (κ2) is 5.09. The van der Waals surface area contributed by atoms with Gasteiger partial charge in [0.1, 0.15) is 5.69 Å². The molecule has 0 aliphatic rings. The predicted molar refractivity (Wildman–Crippen MR) is 76.8 cm³/mol. The topological polar surface area (TPSA) is 47.8 Å². The minimum Gasteiger partial charge on any atom is -0.293 e. The van der Waals surface area contributed by atoms with Gasteiger partial charge in [-0.3, -0.25) is 4.79 Å². The second-order valence-electron chi connectivity index (χ2n) is 4.44. The van der Waals surface area contributed by atoms with Crippen molar-refractivity contribution in [2.45, 2.75) is 6.92 Å². The van der Waals surface area contributed by atoms with Gasteiger partial charge in [0.15, 0.2) is 11.5 Å². The van der Waals surface area contributed by atoms with Crippen molar-refractivity contribution in [2.24, 2.45) is 0 Å². The highest BCUT2D eigenvalue weighted by atomic mass is 16.1. The van der Waals surface area contributed by atoms with Crippen LogP contribution in [0.25, 0.3) is 16.9 Å². The zero-order valence-corrected chi connectivity index (χ0v) is 11.0. The first kappa shape index (κ1) is 12.3. The molecule has 0 amide bonds. The monoisotopic (exact) mass is 263 g/mol. The lowest BCUT2D eigenvalue weighted by Crippen LogP contribution is -2.00. The van der Waals surface area contributed by atoms with Gasteiger partial charge in [-0.2, -0.15) is 4.80 Å². The Labute approximate surface area is 116 Å². The first-order chi connectivity index (χ1) is 9.75. The molecule has 0 saturated carbocycles. The Morgan fingerprint density at radius 3 is 2.10 bits per heavy atom. The minimum absolute atomic E-state index is 0.0916. The van der Waals surface area contributed by atoms with Crippen LogP contribution in [0.1, 0.15) is 17.4 Å². The molecular formula is C16H13N3O. The SMILES string of the molecule is CC(=O)c1nn(-c2ccccc2)nc1-c1ccccc1. The van der Waals surface area contributed by atoms with Gasteiger partial charge in [-0.15, -0.1) is 10.2 Å². The number of rotatable bonds is 3. The summed E-state index contributed by atoms with van der Waals surface area (Å²) >= 11 is 0. The van der Waals surface area contributed by atoms with Crippen LogP contribution < -0.4 is 0 Å². The van der Waals surface area contributed by atoms with Crippen LogP contribution in [0.4, 0.5) is 0 Å². The normalized spacial score (nSPS) is 10.4. The standard InChI is InChI=1S/C16H13N3O/c1-12(20)15-16(13-8-4-2-5-9-13)18-19(17-15)14-10-6-3-7-11-14/h2-11H,1H3. The molecule has 0 unspecified atom stereocenters. The van der Waals surface area contributed by atoms with E-state index in [2.05, 4.69) is 10.2 Å². The molecule has 4 heteroatoms. The number of para-hydroxylation sites is 1. The van der Waals surface area contributed by atoms with Gasteiger partial charge in [0, 0.05) is 12.5 Å². The summed E-state index contributed by atoms with van der Waals surface area (Å²) in [6.07, 6.45) is 0. The molecule has 3 aromatic rings. The van der Waals surface area contributed by atoms with Gasteiger partial charge in [-0.1, -0.05) is 48.5 Å². The van der Waals surface area contributed by atoms with Gasteiger partial charge in [-0.25, -0.2) is 0 Å². The van der Waals surface area contributed by atoms with Gasteiger partial charge >= 0.3 is 0 Å². The van der Waals surface area contributed by atoms with Crippen molar-refractivity contribution in [1.29, 1.82) is 0 Å². The van der Waals surface area contributed by atoms with Gasteiger partial charge in [0.2, 0.25) is 0 Å². The molecular weight excluding hydrogens is 250 g/mol. The molecule has 3 rings (SSSR count).